The summed E-state index contributed by atoms with van der Waals surface area (Å²) in [6.07, 6.45) is 1.76. The lowest BCUT2D eigenvalue weighted by atomic mass is 9.85. The molecule has 0 fully saturated rings. The zero-order chi connectivity index (χ0) is 23.3. The molecule has 2 aliphatic rings. The van der Waals surface area contributed by atoms with Crippen LogP contribution in [-0.4, -0.2) is 28.6 Å². The number of anilines is 3. The monoisotopic (exact) mass is 483 g/mol. The predicted molar refractivity (Wildman–Crippen MR) is 130 cm³/mol. The Kier molecular flexibility index (Phi) is 5.43. The maximum Gasteiger partial charge on any atom is 0.268 e. The summed E-state index contributed by atoms with van der Waals surface area (Å²) >= 11 is 12.7. The Morgan fingerprint density at radius 3 is 2.73 bits per heavy atom. The Bertz CT molecular complexity index is 1240. The first-order chi connectivity index (χ1) is 15.7. The van der Waals surface area contributed by atoms with Gasteiger partial charge in [-0.1, -0.05) is 35.3 Å². The second-order valence-electron chi connectivity index (χ2n) is 8.67. The molecule has 7 nitrogen and oxygen atoms in total. The molecule has 2 N–H and O–H groups in total. The van der Waals surface area contributed by atoms with Crippen molar-refractivity contribution in [2.45, 2.75) is 39.0 Å². The van der Waals surface area contributed by atoms with Crippen molar-refractivity contribution in [2.75, 3.05) is 16.8 Å². The molecule has 2 aliphatic heterocycles. The molecule has 170 valence electrons. The molecule has 3 aromatic rings. The van der Waals surface area contributed by atoms with Gasteiger partial charge >= 0.3 is 0 Å². The summed E-state index contributed by atoms with van der Waals surface area (Å²) in [6, 6.07) is 11.3. The van der Waals surface area contributed by atoms with E-state index in [2.05, 4.69) is 46.6 Å². The number of carbonyl (C=O) groups is 1. The molecule has 1 atom stereocenters. The number of hydrogen-bond acceptors (Lipinski definition) is 6. The van der Waals surface area contributed by atoms with Gasteiger partial charge in [0.2, 0.25) is 11.8 Å². The SMILES string of the molecule is CC1Oc2nc(Nc3ccc4c(c3)CCNC4(C)C)ncc2C(=O)N1c1c(Cl)cccc1Cl. The van der Waals surface area contributed by atoms with E-state index in [4.69, 9.17) is 27.9 Å². The molecular formula is C24H23Cl2N5O2. The number of hydrogen-bond donors (Lipinski definition) is 2. The number of nitrogens with one attached hydrogen (secondary N) is 2. The van der Waals surface area contributed by atoms with Crippen LogP contribution in [0.3, 0.4) is 0 Å². The van der Waals surface area contributed by atoms with E-state index < -0.39 is 6.23 Å². The minimum absolute atomic E-state index is 0.0603. The third-order valence-corrected chi connectivity index (χ3v) is 6.63. The molecule has 1 aromatic heterocycles. The number of aromatic nitrogens is 2. The van der Waals surface area contributed by atoms with E-state index in [1.54, 1.807) is 25.1 Å². The second-order valence-corrected chi connectivity index (χ2v) is 9.49. The molecule has 0 saturated carbocycles. The van der Waals surface area contributed by atoms with Crippen LogP contribution in [0.25, 0.3) is 0 Å². The van der Waals surface area contributed by atoms with Gasteiger partial charge in [-0.25, -0.2) is 4.98 Å². The highest BCUT2D eigenvalue weighted by molar-refractivity contribution is 6.40. The summed E-state index contributed by atoms with van der Waals surface area (Å²) in [5, 5.41) is 7.49. The fraction of sp³-hybridized carbons (Fsp3) is 0.292. The Morgan fingerprint density at radius 1 is 1.21 bits per heavy atom. The molecule has 5 rings (SSSR count). The molecule has 3 heterocycles. The van der Waals surface area contributed by atoms with Crippen LogP contribution < -0.4 is 20.3 Å². The molecule has 0 bridgehead atoms. The van der Waals surface area contributed by atoms with Crippen molar-refractivity contribution in [2.24, 2.45) is 0 Å². The van der Waals surface area contributed by atoms with Crippen molar-refractivity contribution in [3.8, 4) is 5.88 Å². The summed E-state index contributed by atoms with van der Waals surface area (Å²) in [6.45, 7) is 7.03. The van der Waals surface area contributed by atoms with Gasteiger partial charge in [0.1, 0.15) is 5.56 Å². The van der Waals surface area contributed by atoms with Gasteiger partial charge in [0.25, 0.3) is 5.91 Å². The third kappa shape index (κ3) is 3.90. The van der Waals surface area contributed by atoms with Crippen molar-refractivity contribution in [3.63, 3.8) is 0 Å². The van der Waals surface area contributed by atoms with Crippen LogP contribution in [0, 0.1) is 0 Å². The van der Waals surface area contributed by atoms with Gasteiger partial charge < -0.3 is 15.4 Å². The Morgan fingerprint density at radius 2 is 1.97 bits per heavy atom. The number of ether oxygens (including phenoxy) is 1. The molecule has 1 amide bonds. The zero-order valence-corrected chi connectivity index (χ0v) is 20.0. The molecule has 0 saturated heterocycles. The van der Waals surface area contributed by atoms with E-state index in [1.807, 2.05) is 6.07 Å². The van der Waals surface area contributed by atoms with Crippen LogP contribution in [0.15, 0.2) is 42.6 Å². The highest BCUT2D eigenvalue weighted by Gasteiger charge is 2.36. The van der Waals surface area contributed by atoms with Crippen LogP contribution >= 0.6 is 23.2 Å². The molecule has 33 heavy (non-hydrogen) atoms. The Labute approximate surface area is 202 Å². The number of para-hydroxylation sites is 1. The van der Waals surface area contributed by atoms with Crippen LogP contribution in [-0.2, 0) is 12.0 Å². The second kappa shape index (κ2) is 8.17. The van der Waals surface area contributed by atoms with Crippen molar-refractivity contribution in [3.05, 3.63) is 69.3 Å². The highest BCUT2D eigenvalue weighted by atomic mass is 35.5. The number of carbonyl (C=O) groups excluding carboxylic acids is 1. The lowest BCUT2D eigenvalue weighted by Gasteiger charge is -2.35. The lowest BCUT2D eigenvalue weighted by Crippen LogP contribution is -2.46. The fourth-order valence-corrected chi connectivity index (χ4v) is 4.98. The van der Waals surface area contributed by atoms with E-state index in [0.29, 0.717) is 21.7 Å². The van der Waals surface area contributed by atoms with Gasteiger partial charge in [-0.05, 0) is 69.1 Å². The topological polar surface area (TPSA) is 79.4 Å². The molecule has 1 unspecified atom stereocenters. The minimum atomic E-state index is -0.649. The van der Waals surface area contributed by atoms with Gasteiger partial charge in [0, 0.05) is 17.4 Å². The first kappa shape index (κ1) is 21.9. The number of halogens is 2. The lowest BCUT2D eigenvalue weighted by molar-refractivity contribution is 0.0867. The molecule has 9 heteroatoms. The highest BCUT2D eigenvalue weighted by Crippen LogP contribution is 2.39. The van der Waals surface area contributed by atoms with Crippen LogP contribution in [0.4, 0.5) is 17.3 Å². The first-order valence-corrected chi connectivity index (χ1v) is 11.5. The third-order valence-electron chi connectivity index (χ3n) is 6.02. The Hall–Kier alpha value is -2.87. The summed E-state index contributed by atoms with van der Waals surface area (Å²) in [4.78, 5) is 23.5. The first-order valence-electron chi connectivity index (χ1n) is 10.7. The maximum absolute atomic E-state index is 13.2. The van der Waals surface area contributed by atoms with Crippen molar-refractivity contribution >= 4 is 46.4 Å². The number of rotatable bonds is 3. The summed E-state index contributed by atoms with van der Waals surface area (Å²) in [5.41, 5.74) is 4.03. The van der Waals surface area contributed by atoms with Crippen molar-refractivity contribution in [1.29, 1.82) is 0 Å². The normalized spacial score (nSPS) is 18.9. The average molecular weight is 484 g/mol. The Balaban J connectivity index is 1.43. The maximum atomic E-state index is 13.2. The smallest absolute Gasteiger partial charge is 0.268 e. The van der Waals surface area contributed by atoms with Gasteiger partial charge in [0.05, 0.1) is 15.7 Å². The fourth-order valence-electron chi connectivity index (χ4n) is 4.40. The van der Waals surface area contributed by atoms with Crippen molar-refractivity contribution < 1.29 is 9.53 Å². The number of benzene rings is 2. The average Bonchev–Trinajstić information content (AvgIpc) is 2.75. The molecule has 0 aliphatic carbocycles. The summed E-state index contributed by atoms with van der Waals surface area (Å²) in [5.74, 6) is 0.243. The molecule has 0 radical (unpaired) electrons. The summed E-state index contributed by atoms with van der Waals surface area (Å²) < 4.78 is 5.96. The standard InChI is InChI=1S/C24H23Cl2N5O2/c1-13-31(20-18(25)5-4-6-19(20)26)22(32)16-12-27-23(30-21(16)33-13)29-15-7-8-17-14(11-15)9-10-28-24(17,2)3/h4-8,11-13,28H,9-10H2,1-3H3,(H,27,29,30). The minimum Gasteiger partial charge on any atom is -0.453 e. The molecular weight excluding hydrogens is 461 g/mol. The van der Waals surface area contributed by atoms with E-state index in [9.17, 15) is 4.79 Å². The quantitative estimate of drug-likeness (QED) is 0.526. The van der Waals surface area contributed by atoms with E-state index >= 15 is 0 Å². The largest absolute Gasteiger partial charge is 0.453 e. The number of nitrogens with zero attached hydrogens (tertiary/aromatic N) is 3. The zero-order valence-electron chi connectivity index (χ0n) is 18.4. The van der Waals surface area contributed by atoms with Gasteiger partial charge in [-0.15, -0.1) is 0 Å². The van der Waals surface area contributed by atoms with E-state index in [1.165, 1.54) is 22.2 Å². The van der Waals surface area contributed by atoms with Crippen molar-refractivity contribution in [1.82, 2.24) is 15.3 Å². The molecule has 0 spiro atoms. The van der Waals surface area contributed by atoms with E-state index in [-0.39, 0.29) is 22.9 Å². The number of amides is 1. The van der Waals surface area contributed by atoms with Crippen LogP contribution in [0.1, 0.15) is 42.3 Å². The van der Waals surface area contributed by atoms with Gasteiger partial charge in [-0.2, -0.15) is 4.98 Å². The van der Waals surface area contributed by atoms with Crippen LogP contribution in [0.2, 0.25) is 10.0 Å². The summed E-state index contributed by atoms with van der Waals surface area (Å²) in [7, 11) is 0. The predicted octanol–water partition coefficient (Wildman–Crippen LogP) is 5.29. The van der Waals surface area contributed by atoms with E-state index in [0.717, 1.165) is 18.7 Å². The van der Waals surface area contributed by atoms with Gasteiger partial charge in [0.15, 0.2) is 6.23 Å². The van der Waals surface area contributed by atoms with Gasteiger partial charge in [-0.3, -0.25) is 9.69 Å². The number of fused-ring (bicyclic) bond motifs is 2. The molecule has 2 aromatic carbocycles. The van der Waals surface area contributed by atoms with Crippen LogP contribution in [0.5, 0.6) is 5.88 Å².